The first-order valence-electron chi connectivity index (χ1n) is 10.4. The van der Waals surface area contributed by atoms with E-state index in [1.807, 2.05) is 52.1 Å². The Labute approximate surface area is 185 Å². The summed E-state index contributed by atoms with van der Waals surface area (Å²) < 4.78 is 27.2. The monoisotopic (exact) mass is 438 g/mol. The van der Waals surface area contributed by atoms with Gasteiger partial charge in [0, 0.05) is 18.0 Å². The van der Waals surface area contributed by atoms with Crippen molar-refractivity contribution >= 4 is 17.2 Å². The Morgan fingerprint density at radius 3 is 2.62 bits per heavy atom. The SMILES string of the molecule is Cc1cc(Nc2nc(C(OCCOC(C)(C)C)c3ccc(F)cc3)nn3cccc23)n[nH]1. The van der Waals surface area contributed by atoms with Gasteiger partial charge >= 0.3 is 0 Å². The molecule has 0 bridgehead atoms. The third-order valence-electron chi connectivity index (χ3n) is 4.67. The molecule has 0 fully saturated rings. The lowest BCUT2D eigenvalue weighted by molar-refractivity contribution is -0.0468. The van der Waals surface area contributed by atoms with E-state index in [0.29, 0.717) is 30.7 Å². The largest absolute Gasteiger partial charge is 0.373 e. The standard InChI is InChI=1S/C23H27FN6O2/c1-15-14-19(28-27-15)25-21-18-6-5-11-30(18)29-22(26-21)20(16-7-9-17(24)10-8-16)31-12-13-32-23(2,3)4/h5-11,14,20H,12-13H2,1-4H3,(H2,25,26,27,28,29). The van der Waals surface area contributed by atoms with E-state index in [0.717, 1.165) is 16.8 Å². The minimum atomic E-state index is -0.604. The topological polar surface area (TPSA) is 89.4 Å². The second kappa shape index (κ2) is 9.05. The molecule has 2 N–H and O–H groups in total. The molecule has 0 saturated carbocycles. The highest BCUT2D eigenvalue weighted by Gasteiger charge is 2.22. The van der Waals surface area contributed by atoms with Crippen molar-refractivity contribution in [1.82, 2.24) is 24.8 Å². The van der Waals surface area contributed by atoms with Crippen LogP contribution in [-0.4, -0.2) is 43.6 Å². The Bertz CT molecular complexity index is 1180. The summed E-state index contributed by atoms with van der Waals surface area (Å²) in [6, 6.07) is 11.8. The third-order valence-corrected chi connectivity index (χ3v) is 4.67. The number of benzene rings is 1. The van der Waals surface area contributed by atoms with Gasteiger partial charge in [-0.25, -0.2) is 13.9 Å². The van der Waals surface area contributed by atoms with Gasteiger partial charge < -0.3 is 14.8 Å². The molecule has 1 atom stereocenters. The first-order valence-corrected chi connectivity index (χ1v) is 10.4. The van der Waals surface area contributed by atoms with Crippen LogP contribution in [0.15, 0.2) is 48.7 Å². The molecule has 0 aliphatic heterocycles. The predicted molar refractivity (Wildman–Crippen MR) is 119 cm³/mol. The van der Waals surface area contributed by atoms with Crippen LogP contribution in [0.2, 0.25) is 0 Å². The lowest BCUT2D eigenvalue weighted by atomic mass is 10.1. The van der Waals surface area contributed by atoms with Crippen molar-refractivity contribution in [2.75, 3.05) is 18.5 Å². The number of ether oxygens (including phenoxy) is 2. The second-order valence-electron chi connectivity index (χ2n) is 8.48. The Morgan fingerprint density at radius 2 is 1.94 bits per heavy atom. The molecule has 0 aliphatic rings. The third kappa shape index (κ3) is 5.30. The number of aromatic nitrogens is 5. The number of fused-ring (bicyclic) bond motifs is 1. The average Bonchev–Trinajstić information content (AvgIpc) is 3.37. The van der Waals surface area contributed by atoms with Crippen molar-refractivity contribution in [3.63, 3.8) is 0 Å². The van der Waals surface area contributed by atoms with Crippen molar-refractivity contribution in [3.8, 4) is 0 Å². The smallest absolute Gasteiger partial charge is 0.184 e. The van der Waals surface area contributed by atoms with Crippen molar-refractivity contribution < 1.29 is 13.9 Å². The molecule has 0 radical (unpaired) electrons. The molecule has 0 aliphatic carbocycles. The zero-order chi connectivity index (χ0) is 22.7. The molecular weight excluding hydrogens is 411 g/mol. The highest BCUT2D eigenvalue weighted by molar-refractivity contribution is 5.72. The van der Waals surface area contributed by atoms with Crippen molar-refractivity contribution in [2.45, 2.75) is 39.4 Å². The molecule has 4 aromatic rings. The van der Waals surface area contributed by atoms with Crippen LogP contribution in [0.5, 0.6) is 0 Å². The van der Waals surface area contributed by atoms with Gasteiger partial charge in [-0.1, -0.05) is 12.1 Å². The fraction of sp³-hybridized carbons (Fsp3) is 0.348. The van der Waals surface area contributed by atoms with Gasteiger partial charge in [-0.3, -0.25) is 5.10 Å². The highest BCUT2D eigenvalue weighted by atomic mass is 19.1. The minimum Gasteiger partial charge on any atom is -0.373 e. The zero-order valence-electron chi connectivity index (χ0n) is 18.6. The van der Waals surface area contributed by atoms with Gasteiger partial charge in [0.25, 0.3) is 0 Å². The second-order valence-corrected chi connectivity index (χ2v) is 8.48. The number of hydrogen-bond acceptors (Lipinski definition) is 6. The van der Waals surface area contributed by atoms with Crippen molar-refractivity contribution in [3.05, 3.63) is 71.6 Å². The van der Waals surface area contributed by atoms with Crippen LogP contribution < -0.4 is 5.32 Å². The summed E-state index contributed by atoms with van der Waals surface area (Å²) in [6.07, 6.45) is 1.23. The molecule has 1 aromatic carbocycles. The fourth-order valence-electron chi connectivity index (χ4n) is 3.23. The van der Waals surface area contributed by atoms with E-state index in [9.17, 15) is 4.39 Å². The van der Waals surface area contributed by atoms with Gasteiger partial charge in [0.2, 0.25) is 0 Å². The molecule has 3 heterocycles. The molecule has 1 unspecified atom stereocenters. The Hall–Kier alpha value is -3.30. The van der Waals surface area contributed by atoms with Gasteiger partial charge in [0.15, 0.2) is 17.5 Å². The molecule has 9 heteroatoms. The molecule has 4 rings (SSSR count). The first-order chi connectivity index (χ1) is 15.3. The number of H-pyrrole nitrogens is 1. The van der Waals surface area contributed by atoms with Gasteiger partial charge in [0.05, 0.1) is 18.8 Å². The number of hydrogen-bond donors (Lipinski definition) is 2. The minimum absolute atomic E-state index is 0.270. The summed E-state index contributed by atoms with van der Waals surface area (Å²) in [4.78, 5) is 4.75. The first kappa shape index (κ1) is 21.9. The Balaban J connectivity index is 1.67. The van der Waals surface area contributed by atoms with Crippen LogP contribution in [0, 0.1) is 12.7 Å². The van der Waals surface area contributed by atoms with Gasteiger partial charge in [-0.15, -0.1) is 5.10 Å². The average molecular weight is 439 g/mol. The number of aromatic amines is 1. The van der Waals surface area contributed by atoms with Gasteiger partial charge in [-0.05, 0) is 57.5 Å². The molecule has 8 nitrogen and oxygen atoms in total. The highest BCUT2D eigenvalue weighted by Crippen LogP contribution is 2.27. The number of rotatable bonds is 8. The lowest BCUT2D eigenvalue weighted by Crippen LogP contribution is -2.23. The fourth-order valence-corrected chi connectivity index (χ4v) is 3.23. The molecule has 0 amide bonds. The van der Waals surface area contributed by atoms with Crippen LogP contribution in [0.4, 0.5) is 16.0 Å². The van der Waals surface area contributed by atoms with E-state index in [4.69, 9.17) is 14.5 Å². The maximum absolute atomic E-state index is 13.5. The summed E-state index contributed by atoms with van der Waals surface area (Å²) >= 11 is 0. The normalized spacial score (nSPS) is 12.9. The van der Waals surface area contributed by atoms with Crippen LogP contribution in [0.1, 0.15) is 44.0 Å². The summed E-state index contributed by atoms with van der Waals surface area (Å²) in [5, 5.41) is 15.0. The molecule has 168 valence electrons. The van der Waals surface area contributed by atoms with Crippen LogP contribution >= 0.6 is 0 Å². The van der Waals surface area contributed by atoms with E-state index < -0.39 is 6.10 Å². The van der Waals surface area contributed by atoms with Gasteiger partial charge in [0.1, 0.15) is 17.4 Å². The Morgan fingerprint density at radius 1 is 1.16 bits per heavy atom. The van der Waals surface area contributed by atoms with Crippen LogP contribution in [0.25, 0.3) is 5.52 Å². The Kier molecular flexibility index (Phi) is 6.20. The summed E-state index contributed by atoms with van der Waals surface area (Å²) in [5.41, 5.74) is 2.20. The van der Waals surface area contributed by atoms with Crippen LogP contribution in [-0.2, 0) is 9.47 Å². The number of nitrogens with one attached hydrogen (secondary N) is 2. The molecule has 32 heavy (non-hydrogen) atoms. The van der Waals surface area contributed by atoms with E-state index >= 15 is 0 Å². The molecule has 0 spiro atoms. The molecule has 0 saturated heterocycles. The molecule has 3 aromatic heterocycles. The van der Waals surface area contributed by atoms with Crippen molar-refractivity contribution in [2.24, 2.45) is 0 Å². The maximum atomic E-state index is 13.5. The number of nitrogens with zero attached hydrogens (tertiary/aromatic N) is 4. The maximum Gasteiger partial charge on any atom is 0.184 e. The van der Waals surface area contributed by atoms with E-state index in [1.54, 1.807) is 16.6 Å². The molecular formula is C23H27FN6O2. The van der Waals surface area contributed by atoms with Crippen LogP contribution in [0.3, 0.4) is 0 Å². The summed E-state index contributed by atoms with van der Waals surface area (Å²) in [7, 11) is 0. The zero-order valence-corrected chi connectivity index (χ0v) is 18.6. The van der Waals surface area contributed by atoms with E-state index in [-0.39, 0.29) is 11.4 Å². The van der Waals surface area contributed by atoms with Crippen molar-refractivity contribution in [1.29, 1.82) is 0 Å². The van der Waals surface area contributed by atoms with E-state index in [1.165, 1.54) is 12.1 Å². The lowest BCUT2D eigenvalue weighted by Gasteiger charge is -2.22. The number of halogens is 1. The summed E-state index contributed by atoms with van der Waals surface area (Å²) in [6.45, 7) is 8.62. The quantitative estimate of drug-likeness (QED) is 0.392. The van der Waals surface area contributed by atoms with Gasteiger partial charge in [-0.2, -0.15) is 5.10 Å². The number of aryl methyl sites for hydroxylation is 1. The predicted octanol–water partition coefficient (Wildman–Crippen LogP) is 4.56. The summed E-state index contributed by atoms with van der Waals surface area (Å²) in [5.74, 6) is 1.36. The number of anilines is 2. The van der Waals surface area contributed by atoms with E-state index in [2.05, 4.69) is 20.6 Å².